The van der Waals surface area contributed by atoms with E-state index < -0.39 is 0 Å². The van der Waals surface area contributed by atoms with Gasteiger partial charge in [0.05, 0.1) is 17.3 Å². The molecule has 3 rings (SSSR count). The molecule has 0 aromatic heterocycles. The van der Waals surface area contributed by atoms with E-state index in [9.17, 15) is 9.59 Å². The predicted octanol–water partition coefficient (Wildman–Crippen LogP) is 6.57. The minimum absolute atomic E-state index is 0.0133. The summed E-state index contributed by atoms with van der Waals surface area (Å²) >= 11 is 9.48. The Hall–Kier alpha value is -3.36. The van der Waals surface area contributed by atoms with Gasteiger partial charge in [0.25, 0.3) is 0 Å². The molecule has 2 N–H and O–H groups in total. The molecule has 3 aromatic rings. The molecule has 0 aliphatic rings. The quantitative estimate of drug-likeness (QED) is 0.197. The van der Waals surface area contributed by atoms with Gasteiger partial charge in [-0.1, -0.05) is 35.9 Å². The topological polar surface area (TPSA) is 89.0 Å². The lowest BCUT2D eigenvalue weighted by Crippen LogP contribution is -2.21. The fourth-order valence-corrected chi connectivity index (χ4v) is 4.06. The molecule has 194 valence electrons. The van der Waals surface area contributed by atoms with E-state index in [2.05, 4.69) is 31.8 Å². The summed E-state index contributed by atoms with van der Waals surface area (Å²) in [7, 11) is 0. The molecule has 0 unspecified atom stereocenters. The molecule has 9 heteroatoms. The molecule has 3 aromatic carbocycles. The minimum atomic E-state index is -0.362. The second-order valence-electron chi connectivity index (χ2n) is 8.27. The van der Waals surface area contributed by atoms with Gasteiger partial charge in [-0.25, -0.2) is 5.43 Å². The molecule has 0 aliphatic carbocycles. The molecular weight excluding hydrogens is 558 g/mol. The van der Waals surface area contributed by atoms with Gasteiger partial charge < -0.3 is 14.8 Å². The fraction of sp³-hybridized carbons (Fsp3) is 0.250. The Labute approximate surface area is 230 Å². The average molecular weight is 587 g/mol. The molecule has 0 saturated heterocycles. The number of benzene rings is 3. The highest BCUT2D eigenvalue weighted by molar-refractivity contribution is 9.10. The number of ether oxygens (including phenoxy) is 2. The molecule has 0 radical (unpaired) electrons. The Morgan fingerprint density at radius 2 is 1.76 bits per heavy atom. The Kier molecular flexibility index (Phi) is 10.5. The zero-order valence-corrected chi connectivity index (χ0v) is 23.3. The number of rotatable bonds is 11. The molecule has 0 heterocycles. The number of nitrogens with one attached hydrogen (secondary N) is 2. The maximum Gasteiger partial charge on any atom is 0.240 e. The van der Waals surface area contributed by atoms with Gasteiger partial charge >= 0.3 is 0 Å². The van der Waals surface area contributed by atoms with E-state index in [1.807, 2.05) is 69.3 Å². The van der Waals surface area contributed by atoms with Gasteiger partial charge in [-0.15, -0.1) is 0 Å². The summed E-state index contributed by atoms with van der Waals surface area (Å²) in [6.45, 7) is 6.60. The molecule has 0 aliphatic heterocycles. The molecule has 0 atom stereocenters. The van der Waals surface area contributed by atoms with Crippen LogP contribution in [0.1, 0.15) is 42.0 Å². The Bertz CT molecular complexity index is 1280. The Balaban J connectivity index is 1.55. The minimum Gasteiger partial charge on any atom is -0.490 e. The number of carbonyl (C=O) groups excluding carboxylic acids is 2. The lowest BCUT2D eigenvalue weighted by molar-refractivity contribution is -0.124. The van der Waals surface area contributed by atoms with E-state index in [1.54, 1.807) is 6.07 Å². The first-order chi connectivity index (χ1) is 17.8. The van der Waals surface area contributed by atoms with Crippen LogP contribution < -0.4 is 20.2 Å². The van der Waals surface area contributed by atoms with Crippen LogP contribution in [0, 0.1) is 13.8 Å². The van der Waals surface area contributed by atoms with Crippen molar-refractivity contribution >= 4 is 51.2 Å². The van der Waals surface area contributed by atoms with Crippen LogP contribution in [0.25, 0.3) is 0 Å². The molecular formula is C28H29BrClN3O4. The third-order valence-corrected chi connectivity index (χ3v) is 6.33. The van der Waals surface area contributed by atoms with Gasteiger partial charge in [-0.05, 0) is 89.3 Å². The van der Waals surface area contributed by atoms with Crippen molar-refractivity contribution in [3.05, 3.63) is 86.3 Å². The predicted molar refractivity (Wildman–Crippen MR) is 151 cm³/mol. The van der Waals surface area contributed by atoms with E-state index in [0.717, 1.165) is 22.4 Å². The molecule has 0 fully saturated rings. The van der Waals surface area contributed by atoms with Crippen LogP contribution in [0.5, 0.6) is 11.5 Å². The van der Waals surface area contributed by atoms with Gasteiger partial charge in [0.2, 0.25) is 11.8 Å². The van der Waals surface area contributed by atoms with E-state index in [-0.39, 0.29) is 24.7 Å². The van der Waals surface area contributed by atoms with Crippen LogP contribution in [-0.4, -0.2) is 24.6 Å². The molecule has 37 heavy (non-hydrogen) atoms. The SMILES string of the molecule is CCOc1cc(C=NNC(=O)CCC(=O)Nc2cccc(C)c2C)cc(Br)c1OCc1ccc(Cl)cc1. The smallest absolute Gasteiger partial charge is 0.240 e. The van der Waals surface area contributed by atoms with E-state index >= 15 is 0 Å². The molecule has 0 spiro atoms. The zero-order valence-electron chi connectivity index (χ0n) is 20.9. The summed E-state index contributed by atoms with van der Waals surface area (Å²) < 4.78 is 12.4. The molecule has 7 nitrogen and oxygen atoms in total. The lowest BCUT2D eigenvalue weighted by Gasteiger charge is -2.14. The number of amides is 2. The second-order valence-corrected chi connectivity index (χ2v) is 9.56. The monoisotopic (exact) mass is 585 g/mol. The first kappa shape index (κ1) is 28.2. The van der Waals surface area contributed by atoms with Crippen LogP contribution in [0.3, 0.4) is 0 Å². The highest BCUT2D eigenvalue weighted by Gasteiger charge is 2.13. The van der Waals surface area contributed by atoms with Crippen molar-refractivity contribution in [3.63, 3.8) is 0 Å². The average Bonchev–Trinajstić information content (AvgIpc) is 2.86. The van der Waals surface area contributed by atoms with Gasteiger partial charge in [-0.2, -0.15) is 5.10 Å². The highest BCUT2D eigenvalue weighted by Crippen LogP contribution is 2.37. The summed E-state index contributed by atoms with van der Waals surface area (Å²) in [5.41, 5.74) is 6.97. The van der Waals surface area contributed by atoms with E-state index in [4.69, 9.17) is 21.1 Å². The van der Waals surface area contributed by atoms with Crippen LogP contribution in [0.15, 0.2) is 64.2 Å². The number of hydrogen-bond acceptors (Lipinski definition) is 5. The Morgan fingerprint density at radius 1 is 1.03 bits per heavy atom. The second kappa shape index (κ2) is 13.8. The molecule has 0 saturated carbocycles. The van der Waals surface area contributed by atoms with Gasteiger partial charge in [-0.3, -0.25) is 9.59 Å². The van der Waals surface area contributed by atoms with E-state index in [1.165, 1.54) is 6.21 Å². The summed E-state index contributed by atoms with van der Waals surface area (Å²) in [6, 6.07) is 16.7. The summed E-state index contributed by atoms with van der Waals surface area (Å²) in [5, 5.41) is 7.53. The normalized spacial score (nSPS) is 10.8. The van der Waals surface area contributed by atoms with Crippen LogP contribution >= 0.6 is 27.5 Å². The summed E-state index contributed by atoms with van der Waals surface area (Å²) in [6.07, 6.45) is 1.57. The van der Waals surface area contributed by atoms with Crippen molar-refractivity contribution in [2.45, 2.75) is 40.2 Å². The maximum atomic E-state index is 12.2. The summed E-state index contributed by atoms with van der Waals surface area (Å²) in [4.78, 5) is 24.4. The number of halogens is 2. The van der Waals surface area contributed by atoms with Gasteiger partial charge in [0.1, 0.15) is 6.61 Å². The number of aryl methyl sites for hydroxylation is 1. The van der Waals surface area contributed by atoms with Gasteiger partial charge in [0, 0.05) is 23.6 Å². The first-order valence-corrected chi connectivity index (χ1v) is 13.0. The van der Waals surface area contributed by atoms with Crippen molar-refractivity contribution in [1.29, 1.82) is 0 Å². The van der Waals surface area contributed by atoms with Crippen LogP contribution in [0.2, 0.25) is 5.02 Å². The van der Waals surface area contributed by atoms with Crippen molar-refractivity contribution in [3.8, 4) is 11.5 Å². The molecule has 0 bridgehead atoms. The van der Waals surface area contributed by atoms with Gasteiger partial charge in [0.15, 0.2) is 11.5 Å². The zero-order chi connectivity index (χ0) is 26.8. The largest absolute Gasteiger partial charge is 0.490 e. The van der Waals surface area contributed by atoms with Crippen molar-refractivity contribution in [2.24, 2.45) is 5.10 Å². The Morgan fingerprint density at radius 3 is 2.49 bits per heavy atom. The number of hydrogen-bond donors (Lipinski definition) is 2. The highest BCUT2D eigenvalue weighted by atomic mass is 79.9. The number of nitrogens with zero attached hydrogens (tertiary/aromatic N) is 1. The van der Waals surface area contributed by atoms with Crippen molar-refractivity contribution in [2.75, 3.05) is 11.9 Å². The fourth-order valence-electron chi connectivity index (χ4n) is 3.36. The van der Waals surface area contributed by atoms with Crippen LogP contribution in [0.4, 0.5) is 5.69 Å². The van der Waals surface area contributed by atoms with Crippen molar-refractivity contribution < 1.29 is 19.1 Å². The van der Waals surface area contributed by atoms with E-state index in [0.29, 0.717) is 39.8 Å². The van der Waals surface area contributed by atoms with Crippen LogP contribution in [-0.2, 0) is 16.2 Å². The maximum absolute atomic E-state index is 12.2. The number of carbonyl (C=O) groups is 2. The number of hydrazone groups is 1. The third-order valence-electron chi connectivity index (χ3n) is 5.49. The summed E-state index contributed by atoms with van der Waals surface area (Å²) in [5.74, 6) is 0.515. The standard InChI is InChI=1S/C28H29BrClN3O4/c1-4-36-25-15-21(14-23(29)28(25)37-17-20-8-10-22(30)11-9-20)16-31-33-27(35)13-12-26(34)32-24-7-5-6-18(2)19(24)3/h5-11,14-16H,4,12-13,17H2,1-3H3,(H,32,34)(H,33,35). The molecule has 2 amide bonds. The van der Waals surface area contributed by atoms with Crippen molar-refractivity contribution in [1.82, 2.24) is 5.43 Å². The third kappa shape index (κ3) is 8.61. The lowest BCUT2D eigenvalue weighted by atomic mass is 10.1. The number of anilines is 1. The first-order valence-electron chi connectivity index (χ1n) is 11.8.